The highest BCUT2D eigenvalue weighted by atomic mass is 16.2. The van der Waals surface area contributed by atoms with E-state index in [1.807, 2.05) is 4.57 Å². The smallest absolute Gasteiger partial charge is 0.317 e. The molecule has 0 saturated carbocycles. The molecule has 1 N–H and O–H groups in total. The fraction of sp³-hybridized carbons (Fsp3) is 0.700. The van der Waals surface area contributed by atoms with Gasteiger partial charge in [-0.2, -0.15) is 0 Å². The van der Waals surface area contributed by atoms with E-state index < -0.39 is 0 Å². The largest absolute Gasteiger partial charge is 0.338 e. The molecule has 1 aliphatic rings. The number of unbranched alkanes of at least 4 members (excludes halogenated alkanes) is 1. The van der Waals surface area contributed by atoms with Gasteiger partial charge in [0.25, 0.3) is 0 Å². The Morgan fingerprint density at radius 1 is 1.56 bits per heavy atom. The number of carbonyl (C=O) groups is 1. The Bertz CT molecular complexity index is 362. The summed E-state index contributed by atoms with van der Waals surface area (Å²) in [5.41, 5.74) is 0. The predicted octanol–water partition coefficient (Wildman–Crippen LogP) is 0.603. The van der Waals surface area contributed by atoms with E-state index in [0.29, 0.717) is 6.54 Å². The second kappa shape index (κ2) is 4.96. The van der Waals surface area contributed by atoms with Gasteiger partial charge in [-0.15, -0.1) is 10.2 Å². The van der Waals surface area contributed by atoms with Gasteiger partial charge in [0.2, 0.25) is 0 Å². The summed E-state index contributed by atoms with van der Waals surface area (Å²) in [6, 6.07) is 0.00250. The lowest BCUT2D eigenvalue weighted by molar-refractivity contribution is 0.182. The van der Waals surface area contributed by atoms with E-state index in [1.54, 1.807) is 11.2 Å². The summed E-state index contributed by atoms with van der Waals surface area (Å²) in [4.78, 5) is 13.5. The van der Waals surface area contributed by atoms with Crippen LogP contribution in [0.2, 0.25) is 0 Å². The van der Waals surface area contributed by atoms with Crippen LogP contribution in [0.25, 0.3) is 0 Å². The minimum atomic E-state index is 0.00250. The van der Waals surface area contributed by atoms with E-state index in [0.717, 1.165) is 38.3 Å². The van der Waals surface area contributed by atoms with Gasteiger partial charge in [0.1, 0.15) is 6.33 Å². The van der Waals surface area contributed by atoms with Crippen LogP contribution in [-0.2, 0) is 13.1 Å². The average molecular weight is 223 g/mol. The topological polar surface area (TPSA) is 63.1 Å². The first-order valence-corrected chi connectivity index (χ1v) is 5.70. The molecule has 1 aromatic rings. The van der Waals surface area contributed by atoms with Crippen molar-refractivity contribution >= 4 is 6.03 Å². The molecular weight excluding hydrogens is 206 g/mol. The van der Waals surface area contributed by atoms with Crippen molar-refractivity contribution in [3.63, 3.8) is 0 Å². The third-order valence-corrected chi connectivity index (χ3v) is 2.73. The summed E-state index contributed by atoms with van der Waals surface area (Å²) in [6.45, 7) is 4.92. The van der Waals surface area contributed by atoms with Gasteiger partial charge in [0.05, 0.1) is 6.54 Å². The molecule has 0 bridgehead atoms. The first-order valence-electron chi connectivity index (χ1n) is 5.70. The summed E-state index contributed by atoms with van der Waals surface area (Å²) < 4.78 is 1.98. The molecule has 6 heteroatoms. The van der Waals surface area contributed by atoms with Crippen molar-refractivity contribution in [1.82, 2.24) is 25.0 Å². The van der Waals surface area contributed by atoms with Crippen LogP contribution in [0.1, 0.15) is 25.6 Å². The summed E-state index contributed by atoms with van der Waals surface area (Å²) in [7, 11) is 0. The van der Waals surface area contributed by atoms with E-state index in [4.69, 9.17) is 0 Å². The molecule has 0 atom stereocenters. The SMILES string of the molecule is CCCCNC(=O)N1CCn2cnnc2C1. The molecule has 0 aliphatic carbocycles. The first kappa shape index (κ1) is 10.9. The Hall–Kier alpha value is -1.59. The van der Waals surface area contributed by atoms with Gasteiger partial charge in [0.15, 0.2) is 5.82 Å². The number of nitrogens with one attached hydrogen (secondary N) is 1. The number of aromatic nitrogens is 3. The van der Waals surface area contributed by atoms with E-state index in [2.05, 4.69) is 22.4 Å². The lowest BCUT2D eigenvalue weighted by atomic mass is 10.3. The Morgan fingerprint density at radius 3 is 3.25 bits per heavy atom. The molecule has 16 heavy (non-hydrogen) atoms. The summed E-state index contributed by atoms with van der Waals surface area (Å²) in [6.07, 6.45) is 3.83. The zero-order chi connectivity index (χ0) is 11.4. The number of carbonyl (C=O) groups excluding carboxylic acids is 1. The maximum absolute atomic E-state index is 11.8. The summed E-state index contributed by atoms with van der Waals surface area (Å²) >= 11 is 0. The maximum Gasteiger partial charge on any atom is 0.317 e. The highest BCUT2D eigenvalue weighted by Gasteiger charge is 2.21. The summed E-state index contributed by atoms with van der Waals surface area (Å²) in [5, 5.41) is 10.7. The molecular formula is C10H17N5O. The number of amides is 2. The second-order valence-electron chi connectivity index (χ2n) is 3.95. The Morgan fingerprint density at radius 2 is 2.44 bits per heavy atom. The molecule has 0 fully saturated rings. The molecule has 2 amide bonds. The van der Waals surface area contributed by atoms with Crippen LogP contribution in [0.4, 0.5) is 4.79 Å². The molecule has 0 spiro atoms. The molecule has 88 valence electrons. The second-order valence-corrected chi connectivity index (χ2v) is 3.95. The van der Waals surface area contributed by atoms with Crippen molar-refractivity contribution in [1.29, 1.82) is 0 Å². The van der Waals surface area contributed by atoms with E-state index in [-0.39, 0.29) is 6.03 Å². The fourth-order valence-corrected chi connectivity index (χ4v) is 1.72. The zero-order valence-electron chi connectivity index (χ0n) is 9.52. The molecule has 1 aliphatic heterocycles. The molecule has 1 aromatic heterocycles. The highest BCUT2D eigenvalue weighted by molar-refractivity contribution is 5.74. The Kier molecular flexibility index (Phi) is 3.38. The monoisotopic (exact) mass is 223 g/mol. The minimum absolute atomic E-state index is 0.00250. The molecule has 0 aromatic carbocycles. The molecule has 0 unspecified atom stereocenters. The van der Waals surface area contributed by atoms with Gasteiger partial charge < -0.3 is 14.8 Å². The number of hydrogen-bond donors (Lipinski definition) is 1. The van der Waals surface area contributed by atoms with Gasteiger partial charge in [-0.3, -0.25) is 0 Å². The number of rotatable bonds is 3. The summed E-state index contributed by atoms with van der Waals surface area (Å²) in [5.74, 6) is 0.858. The molecule has 0 saturated heterocycles. The number of urea groups is 1. The Labute approximate surface area is 94.6 Å². The van der Waals surface area contributed by atoms with Crippen molar-refractivity contribution < 1.29 is 4.79 Å². The number of hydrogen-bond acceptors (Lipinski definition) is 3. The quantitative estimate of drug-likeness (QED) is 0.763. The van der Waals surface area contributed by atoms with Gasteiger partial charge in [-0.1, -0.05) is 13.3 Å². The van der Waals surface area contributed by atoms with Crippen LogP contribution in [0.5, 0.6) is 0 Å². The number of nitrogens with zero attached hydrogens (tertiary/aromatic N) is 4. The van der Waals surface area contributed by atoms with Crippen molar-refractivity contribution in [2.24, 2.45) is 0 Å². The van der Waals surface area contributed by atoms with Crippen molar-refractivity contribution in [2.45, 2.75) is 32.9 Å². The van der Waals surface area contributed by atoms with E-state index >= 15 is 0 Å². The minimum Gasteiger partial charge on any atom is -0.338 e. The van der Waals surface area contributed by atoms with Crippen molar-refractivity contribution in [3.8, 4) is 0 Å². The highest BCUT2D eigenvalue weighted by Crippen LogP contribution is 2.08. The lowest BCUT2D eigenvalue weighted by Gasteiger charge is -2.27. The van der Waals surface area contributed by atoms with Crippen molar-refractivity contribution in [3.05, 3.63) is 12.2 Å². The van der Waals surface area contributed by atoms with Gasteiger partial charge in [0, 0.05) is 19.6 Å². The molecule has 2 rings (SSSR count). The number of fused-ring (bicyclic) bond motifs is 1. The van der Waals surface area contributed by atoms with Gasteiger partial charge >= 0.3 is 6.03 Å². The van der Waals surface area contributed by atoms with Gasteiger partial charge in [-0.25, -0.2) is 4.79 Å². The van der Waals surface area contributed by atoms with Crippen LogP contribution < -0.4 is 5.32 Å². The maximum atomic E-state index is 11.8. The third-order valence-electron chi connectivity index (χ3n) is 2.73. The van der Waals surface area contributed by atoms with Crippen LogP contribution in [-0.4, -0.2) is 38.8 Å². The van der Waals surface area contributed by atoms with Crippen LogP contribution in [0.3, 0.4) is 0 Å². The van der Waals surface area contributed by atoms with E-state index in [1.165, 1.54) is 0 Å². The molecule has 6 nitrogen and oxygen atoms in total. The van der Waals surface area contributed by atoms with Crippen LogP contribution >= 0.6 is 0 Å². The zero-order valence-corrected chi connectivity index (χ0v) is 9.52. The van der Waals surface area contributed by atoms with Crippen LogP contribution in [0.15, 0.2) is 6.33 Å². The first-order chi connectivity index (χ1) is 7.81. The lowest BCUT2D eigenvalue weighted by Crippen LogP contribution is -2.44. The third kappa shape index (κ3) is 2.32. The normalized spacial score (nSPS) is 14.7. The fourth-order valence-electron chi connectivity index (χ4n) is 1.72. The average Bonchev–Trinajstić information content (AvgIpc) is 2.76. The standard InChI is InChI=1S/C10H17N5O/c1-2-3-4-11-10(16)14-5-6-15-8-12-13-9(15)7-14/h8H,2-7H2,1H3,(H,11,16). The van der Waals surface area contributed by atoms with Crippen molar-refractivity contribution in [2.75, 3.05) is 13.1 Å². The molecule has 0 radical (unpaired) electrons. The predicted molar refractivity (Wildman–Crippen MR) is 58.7 cm³/mol. The van der Waals surface area contributed by atoms with Crippen LogP contribution in [0, 0.1) is 0 Å². The van der Waals surface area contributed by atoms with E-state index in [9.17, 15) is 4.79 Å². The van der Waals surface area contributed by atoms with Gasteiger partial charge in [-0.05, 0) is 6.42 Å². The molecule has 2 heterocycles. The Balaban J connectivity index is 1.86.